The predicted octanol–water partition coefficient (Wildman–Crippen LogP) is 4.79. The van der Waals surface area contributed by atoms with E-state index in [2.05, 4.69) is 11.7 Å². The number of rotatable bonds is 11. The molecule has 0 aromatic heterocycles. The Morgan fingerprint density at radius 1 is 0.929 bits per heavy atom. The zero-order chi connectivity index (χ0) is 30.2. The van der Waals surface area contributed by atoms with E-state index in [4.69, 9.17) is 18.9 Å². The molecule has 4 rings (SSSR count). The lowest BCUT2D eigenvalue weighted by Crippen LogP contribution is -2.23. The second kappa shape index (κ2) is 14.0. The number of para-hydroxylation sites is 1. The van der Waals surface area contributed by atoms with Crippen LogP contribution in [0.3, 0.4) is 0 Å². The van der Waals surface area contributed by atoms with Gasteiger partial charge in [-0.2, -0.15) is 10.1 Å². The van der Waals surface area contributed by atoms with E-state index in [0.717, 1.165) is 34.6 Å². The lowest BCUT2D eigenvalue weighted by atomic mass is 10.2. The number of amides is 1. The van der Waals surface area contributed by atoms with Crippen LogP contribution in [-0.4, -0.2) is 48.7 Å². The lowest BCUT2D eigenvalue weighted by molar-refractivity contribution is -0.139. The molecule has 2 aliphatic heterocycles. The number of nitrogens with zero attached hydrogens (tertiary/aromatic N) is 2. The summed E-state index contributed by atoms with van der Waals surface area (Å²) in [6, 6.07) is 11.6. The molecule has 0 atom stereocenters. The zero-order valence-corrected chi connectivity index (χ0v) is 24.4. The highest BCUT2D eigenvalue weighted by atomic mass is 32.2. The molecule has 0 saturated heterocycles. The van der Waals surface area contributed by atoms with Crippen LogP contribution in [0.1, 0.15) is 33.1 Å². The summed E-state index contributed by atoms with van der Waals surface area (Å²) in [6.45, 7) is 6.38. The van der Waals surface area contributed by atoms with Crippen LogP contribution in [0.5, 0.6) is 11.5 Å². The number of unbranched alkanes of at least 4 members (excludes halogenated alkanes) is 1. The van der Waals surface area contributed by atoms with Gasteiger partial charge in [0, 0.05) is 19.4 Å². The Morgan fingerprint density at radius 3 is 2.14 bits per heavy atom. The fourth-order valence-corrected chi connectivity index (χ4v) is 6.35. The van der Waals surface area contributed by atoms with Crippen LogP contribution < -0.4 is 14.5 Å². The summed E-state index contributed by atoms with van der Waals surface area (Å²) < 4.78 is 21.6. The van der Waals surface area contributed by atoms with Crippen molar-refractivity contribution in [2.45, 2.75) is 42.9 Å². The Kier molecular flexibility index (Phi) is 10.2. The largest absolute Gasteiger partial charge is 0.463 e. The normalized spacial score (nSPS) is 15.5. The van der Waals surface area contributed by atoms with Crippen molar-refractivity contribution in [2.24, 2.45) is 5.10 Å². The first-order valence-corrected chi connectivity index (χ1v) is 14.5. The molecule has 218 valence electrons. The second-order valence-corrected chi connectivity index (χ2v) is 10.9. The van der Waals surface area contributed by atoms with Gasteiger partial charge in [-0.25, -0.2) is 9.59 Å². The van der Waals surface area contributed by atoms with Crippen LogP contribution in [-0.2, 0) is 33.4 Å². The number of hydrogen-bond donors (Lipinski definition) is 0. The first-order valence-electron chi connectivity index (χ1n) is 12.8. The van der Waals surface area contributed by atoms with E-state index in [1.807, 2.05) is 0 Å². The fourth-order valence-electron chi connectivity index (χ4n) is 3.68. The third-order valence-electron chi connectivity index (χ3n) is 5.62. The number of anilines is 1. The van der Waals surface area contributed by atoms with Crippen molar-refractivity contribution in [1.82, 2.24) is 0 Å². The molecule has 0 unspecified atom stereocenters. The molecule has 2 aromatic carbocycles. The highest BCUT2D eigenvalue weighted by Crippen LogP contribution is 2.59. The summed E-state index contributed by atoms with van der Waals surface area (Å²) in [5.41, 5.74) is 0.235. The average Bonchev–Trinajstić information content (AvgIpc) is 3.58. The number of benzene rings is 2. The van der Waals surface area contributed by atoms with E-state index in [1.165, 1.54) is 19.1 Å². The maximum absolute atomic E-state index is 13.7. The monoisotopic (exact) mass is 610 g/mol. The predicted molar refractivity (Wildman–Crippen MR) is 155 cm³/mol. The number of hydrogen-bond acceptors (Lipinski definition) is 12. The van der Waals surface area contributed by atoms with Crippen LogP contribution in [0.2, 0.25) is 0 Å². The van der Waals surface area contributed by atoms with Crippen molar-refractivity contribution in [1.29, 1.82) is 0 Å². The lowest BCUT2D eigenvalue weighted by Gasteiger charge is -2.11. The van der Waals surface area contributed by atoms with Gasteiger partial charge in [-0.15, -0.1) is 0 Å². The highest BCUT2D eigenvalue weighted by molar-refractivity contribution is 8.25. The molecular formula is C29H26N2O9S2. The van der Waals surface area contributed by atoms with Crippen LogP contribution in [0.25, 0.3) is 0 Å². The molecule has 2 aromatic rings. The summed E-state index contributed by atoms with van der Waals surface area (Å²) >= 11 is 2.19. The maximum Gasteiger partial charge on any atom is 0.359 e. The highest BCUT2D eigenvalue weighted by Gasteiger charge is 2.41. The molecule has 1 amide bonds. The maximum atomic E-state index is 13.7. The smallest absolute Gasteiger partial charge is 0.359 e. The van der Waals surface area contributed by atoms with Crippen LogP contribution in [0.15, 0.2) is 79.8 Å². The van der Waals surface area contributed by atoms with Gasteiger partial charge < -0.3 is 18.9 Å². The molecule has 0 aliphatic carbocycles. The van der Waals surface area contributed by atoms with Gasteiger partial charge in [0.1, 0.15) is 11.5 Å². The summed E-state index contributed by atoms with van der Waals surface area (Å²) in [5.74, 6) is -2.51. The third-order valence-corrected chi connectivity index (χ3v) is 8.25. The van der Waals surface area contributed by atoms with E-state index in [9.17, 15) is 24.0 Å². The van der Waals surface area contributed by atoms with Gasteiger partial charge in [-0.1, -0.05) is 55.2 Å². The molecule has 0 N–H and O–H groups in total. The summed E-state index contributed by atoms with van der Waals surface area (Å²) in [4.78, 5) is 62.9. The van der Waals surface area contributed by atoms with E-state index in [0.29, 0.717) is 32.6 Å². The first-order chi connectivity index (χ1) is 20.2. The van der Waals surface area contributed by atoms with Crippen molar-refractivity contribution in [3.8, 4) is 11.5 Å². The molecule has 13 heteroatoms. The third kappa shape index (κ3) is 7.09. The van der Waals surface area contributed by atoms with E-state index in [1.54, 1.807) is 37.3 Å². The summed E-state index contributed by atoms with van der Waals surface area (Å²) in [5, 5.41) is 5.44. The van der Waals surface area contributed by atoms with Crippen LogP contribution >= 0.6 is 23.5 Å². The minimum Gasteiger partial charge on any atom is -0.463 e. The van der Waals surface area contributed by atoms with Crippen molar-refractivity contribution >= 4 is 64.7 Å². The fraction of sp³-hybridized carbons (Fsp3) is 0.241. The molecule has 11 nitrogen and oxygen atoms in total. The summed E-state index contributed by atoms with van der Waals surface area (Å²) in [7, 11) is 0. The van der Waals surface area contributed by atoms with Crippen LogP contribution in [0, 0.1) is 0 Å². The minimum atomic E-state index is -0.817. The number of carbonyl (C=O) groups is 5. The zero-order valence-electron chi connectivity index (χ0n) is 22.7. The number of hydrazone groups is 1. The average molecular weight is 611 g/mol. The minimum absolute atomic E-state index is 0.000137. The van der Waals surface area contributed by atoms with Crippen molar-refractivity contribution in [3.63, 3.8) is 0 Å². The second-order valence-electron chi connectivity index (χ2n) is 8.62. The first kappa shape index (κ1) is 30.6. The number of esters is 4. The van der Waals surface area contributed by atoms with Crippen LogP contribution in [0.4, 0.5) is 5.69 Å². The number of ether oxygens (including phenoxy) is 4. The van der Waals surface area contributed by atoms with E-state index >= 15 is 0 Å². The van der Waals surface area contributed by atoms with E-state index < -0.39 is 29.8 Å². The Bertz CT molecular complexity index is 1500. The Balaban J connectivity index is 1.65. The molecule has 2 aliphatic rings. The number of carbonyl (C=O) groups excluding carboxylic acids is 5. The Hall–Kier alpha value is -4.36. The molecular weight excluding hydrogens is 584 g/mol. The van der Waals surface area contributed by atoms with E-state index in [-0.39, 0.29) is 42.4 Å². The van der Waals surface area contributed by atoms with Crippen molar-refractivity contribution in [2.75, 3.05) is 18.2 Å². The van der Waals surface area contributed by atoms with Gasteiger partial charge in [-0.05, 0) is 37.1 Å². The van der Waals surface area contributed by atoms with Gasteiger partial charge >= 0.3 is 23.9 Å². The molecule has 2 heterocycles. The summed E-state index contributed by atoms with van der Waals surface area (Å²) in [6.07, 6.45) is 2.04. The van der Waals surface area contributed by atoms with Crippen molar-refractivity contribution < 1.29 is 42.9 Å². The molecule has 0 bridgehead atoms. The number of fused-ring (bicyclic) bond motifs is 1. The quantitative estimate of drug-likeness (QED) is 0.150. The molecule has 0 radical (unpaired) electrons. The Morgan fingerprint density at radius 2 is 1.55 bits per heavy atom. The standard InChI is InChI=1S/C29H26N2O9S2/c1-4-21(33)37-15-9-10-16-38-28(36)24-23(27(35)31(30-24)18-11-7-6-8-12-18)29-41-25-19(39-17(3)32)13-14-20(26(25)42-29)40-22(34)5-2/h4,6-8,11-14H,1,5,9-10,15-16H2,2-3H3/b29-23+. The van der Waals surface area contributed by atoms with Gasteiger partial charge in [0.25, 0.3) is 5.91 Å². The molecule has 0 spiro atoms. The molecule has 0 saturated carbocycles. The number of thioether (sulfide) groups is 2. The SMILES string of the molecule is C=CC(=O)OCCCCOC(=O)C1=NN(c2ccccc2)C(=O)/C1=C1\Sc2c(OC(C)=O)ccc(OC(=O)CC)c2S1. The van der Waals surface area contributed by atoms with Gasteiger partial charge in [0.15, 0.2) is 5.71 Å². The topological polar surface area (TPSA) is 138 Å². The van der Waals surface area contributed by atoms with Gasteiger partial charge in [0.05, 0.1) is 38.5 Å². The molecule has 42 heavy (non-hydrogen) atoms. The van der Waals surface area contributed by atoms with Gasteiger partial charge in [0.2, 0.25) is 0 Å². The molecule has 0 fully saturated rings. The Labute approximate surface area is 249 Å². The van der Waals surface area contributed by atoms with Gasteiger partial charge in [-0.3, -0.25) is 14.4 Å². The van der Waals surface area contributed by atoms with Crippen molar-refractivity contribution in [3.05, 3.63) is 64.9 Å².